The van der Waals surface area contributed by atoms with Crippen LogP contribution in [0.3, 0.4) is 0 Å². The van der Waals surface area contributed by atoms with Crippen molar-refractivity contribution in [3.8, 4) is 0 Å². The molecule has 1 saturated carbocycles. The van der Waals surface area contributed by atoms with Crippen LogP contribution in [0.4, 0.5) is 13.2 Å². The van der Waals surface area contributed by atoms with Crippen molar-refractivity contribution in [2.75, 3.05) is 19.8 Å². The number of ether oxygens (including phenoxy) is 3. The molecular formula is C22H39F3O3. The van der Waals surface area contributed by atoms with Gasteiger partial charge < -0.3 is 14.2 Å². The predicted octanol–water partition coefficient (Wildman–Crippen LogP) is 6.64. The molecule has 1 saturated heterocycles. The first-order valence-corrected chi connectivity index (χ1v) is 11.4. The minimum Gasteiger partial charge on any atom is -0.378 e. The zero-order valence-electron chi connectivity index (χ0n) is 17.5. The average molecular weight is 409 g/mol. The van der Waals surface area contributed by atoms with Gasteiger partial charge in [0.15, 0.2) is 6.29 Å². The van der Waals surface area contributed by atoms with Gasteiger partial charge in [-0.15, -0.1) is 0 Å². The predicted molar refractivity (Wildman–Crippen MR) is 104 cm³/mol. The van der Waals surface area contributed by atoms with Crippen molar-refractivity contribution < 1.29 is 27.4 Å². The fourth-order valence-corrected chi connectivity index (χ4v) is 4.25. The highest BCUT2D eigenvalue weighted by Gasteiger charge is 2.33. The van der Waals surface area contributed by atoms with E-state index in [2.05, 4.69) is 6.92 Å². The topological polar surface area (TPSA) is 27.7 Å². The molecule has 166 valence electrons. The van der Waals surface area contributed by atoms with Gasteiger partial charge in [-0.25, -0.2) is 0 Å². The Balaban J connectivity index is 1.49. The van der Waals surface area contributed by atoms with Gasteiger partial charge in [0.1, 0.15) is 0 Å². The molecule has 1 aliphatic carbocycles. The highest BCUT2D eigenvalue weighted by Crippen LogP contribution is 2.33. The number of alkyl halides is 3. The summed E-state index contributed by atoms with van der Waals surface area (Å²) in [7, 11) is 0. The summed E-state index contributed by atoms with van der Waals surface area (Å²) in [5.41, 5.74) is 0. The zero-order chi connectivity index (χ0) is 20.2. The lowest BCUT2D eigenvalue weighted by Crippen LogP contribution is -2.39. The molecule has 0 spiro atoms. The minimum atomic E-state index is -4.06. The molecule has 1 aliphatic heterocycles. The van der Waals surface area contributed by atoms with Crippen LogP contribution in [0.15, 0.2) is 0 Å². The maximum atomic E-state index is 12.2. The fourth-order valence-electron chi connectivity index (χ4n) is 4.25. The average Bonchev–Trinajstić information content (AvgIpc) is 2.67. The fraction of sp³-hybridized carbons (Fsp3) is 1.00. The van der Waals surface area contributed by atoms with Crippen LogP contribution >= 0.6 is 0 Å². The second kappa shape index (κ2) is 13.1. The molecule has 2 aliphatic rings. The summed E-state index contributed by atoms with van der Waals surface area (Å²) in [6.45, 7) is 4.16. The quantitative estimate of drug-likeness (QED) is 0.339. The Bertz CT molecular complexity index is 387. The van der Waals surface area contributed by atoms with Crippen LogP contribution < -0.4 is 0 Å². The monoisotopic (exact) mass is 408 g/mol. The first-order chi connectivity index (χ1) is 13.5. The molecule has 0 bridgehead atoms. The van der Waals surface area contributed by atoms with Gasteiger partial charge in [-0.3, -0.25) is 0 Å². The number of rotatable bonds is 12. The molecule has 1 heterocycles. The van der Waals surface area contributed by atoms with E-state index < -0.39 is 12.6 Å². The van der Waals surface area contributed by atoms with Crippen molar-refractivity contribution in [2.24, 2.45) is 11.8 Å². The lowest BCUT2D eigenvalue weighted by atomic mass is 9.86. The number of hydrogen-bond acceptors (Lipinski definition) is 3. The lowest BCUT2D eigenvalue weighted by molar-refractivity contribution is -0.232. The van der Waals surface area contributed by atoms with Gasteiger partial charge in [0.05, 0.1) is 19.3 Å². The van der Waals surface area contributed by atoms with E-state index in [4.69, 9.17) is 14.2 Å². The van der Waals surface area contributed by atoms with E-state index in [0.29, 0.717) is 31.7 Å². The number of unbranched alkanes of at least 4 members (excludes halogenated alkanes) is 5. The Kier molecular flexibility index (Phi) is 11.2. The summed E-state index contributed by atoms with van der Waals surface area (Å²) >= 11 is 0. The van der Waals surface area contributed by atoms with Crippen LogP contribution in [0.25, 0.3) is 0 Å². The van der Waals surface area contributed by atoms with E-state index >= 15 is 0 Å². The van der Waals surface area contributed by atoms with E-state index in [9.17, 15) is 13.2 Å². The highest BCUT2D eigenvalue weighted by molar-refractivity contribution is 4.77. The smallest absolute Gasteiger partial charge is 0.378 e. The Morgan fingerprint density at radius 2 is 1.50 bits per heavy atom. The van der Waals surface area contributed by atoms with Crippen molar-refractivity contribution in [1.29, 1.82) is 0 Å². The van der Waals surface area contributed by atoms with Gasteiger partial charge in [-0.2, -0.15) is 13.2 Å². The van der Waals surface area contributed by atoms with Crippen LogP contribution in [-0.2, 0) is 14.2 Å². The summed E-state index contributed by atoms with van der Waals surface area (Å²) in [5, 5.41) is 0. The highest BCUT2D eigenvalue weighted by atomic mass is 19.4. The second-order valence-corrected chi connectivity index (χ2v) is 8.58. The van der Waals surface area contributed by atoms with Gasteiger partial charge in [-0.05, 0) is 44.9 Å². The van der Waals surface area contributed by atoms with Crippen LogP contribution in [0.2, 0.25) is 0 Å². The van der Waals surface area contributed by atoms with Gasteiger partial charge in [0.25, 0.3) is 0 Å². The van der Waals surface area contributed by atoms with Crippen molar-refractivity contribution in [1.82, 2.24) is 0 Å². The van der Waals surface area contributed by atoms with Crippen LogP contribution in [0, 0.1) is 11.8 Å². The molecule has 0 amide bonds. The summed E-state index contributed by atoms with van der Waals surface area (Å²) in [6.07, 6.45) is 8.00. The van der Waals surface area contributed by atoms with E-state index in [-0.39, 0.29) is 18.6 Å². The molecule has 0 aromatic rings. The summed E-state index contributed by atoms with van der Waals surface area (Å²) in [6, 6.07) is 0. The van der Waals surface area contributed by atoms with Gasteiger partial charge in [0.2, 0.25) is 0 Å². The van der Waals surface area contributed by atoms with Crippen LogP contribution in [0.1, 0.15) is 90.4 Å². The molecule has 28 heavy (non-hydrogen) atoms. The Morgan fingerprint density at radius 1 is 0.857 bits per heavy atom. The SMILES string of the molecule is CCCCCCCCO[C@H]1CC[C@H]([C@H]2OC[C@H](CCCC(F)(F)F)CO2)CC1. The van der Waals surface area contributed by atoms with E-state index in [0.717, 1.165) is 38.7 Å². The van der Waals surface area contributed by atoms with Crippen LogP contribution in [-0.4, -0.2) is 38.4 Å². The molecule has 2 rings (SSSR count). The molecule has 0 aromatic carbocycles. The third kappa shape index (κ3) is 9.93. The van der Waals surface area contributed by atoms with Crippen molar-refractivity contribution >= 4 is 0 Å². The molecule has 2 fully saturated rings. The molecular weight excluding hydrogens is 369 g/mol. The maximum Gasteiger partial charge on any atom is 0.389 e. The summed E-state index contributed by atoms with van der Waals surface area (Å²) < 4.78 is 54.4. The van der Waals surface area contributed by atoms with Crippen LogP contribution in [0.5, 0.6) is 0 Å². The van der Waals surface area contributed by atoms with Gasteiger partial charge in [-0.1, -0.05) is 39.0 Å². The normalized spacial score (nSPS) is 29.1. The van der Waals surface area contributed by atoms with Gasteiger partial charge >= 0.3 is 6.18 Å². The van der Waals surface area contributed by atoms with E-state index in [1.165, 1.54) is 32.1 Å². The summed E-state index contributed by atoms with van der Waals surface area (Å²) in [5.74, 6) is 0.487. The van der Waals surface area contributed by atoms with Crippen molar-refractivity contribution in [2.45, 2.75) is 109 Å². The van der Waals surface area contributed by atoms with Crippen molar-refractivity contribution in [3.63, 3.8) is 0 Å². The molecule has 0 aromatic heterocycles. The molecule has 0 N–H and O–H groups in total. The number of halogens is 3. The first-order valence-electron chi connectivity index (χ1n) is 11.4. The number of hydrogen-bond donors (Lipinski definition) is 0. The standard InChI is InChI=1S/C22H39F3O3/c1-2-3-4-5-6-7-15-26-20-12-10-19(11-13-20)21-27-16-18(17-28-21)9-8-14-22(23,24)25/h18-21H,2-17H2,1H3/t18-,19-,20-,21-. The Morgan fingerprint density at radius 3 is 2.14 bits per heavy atom. The second-order valence-electron chi connectivity index (χ2n) is 8.58. The van der Waals surface area contributed by atoms with E-state index in [1.54, 1.807) is 0 Å². The summed E-state index contributed by atoms with van der Waals surface area (Å²) in [4.78, 5) is 0. The molecule has 6 heteroatoms. The third-order valence-corrected chi connectivity index (χ3v) is 6.02. The van der Waals surface area contributed by atoms with Gasteiger partial charge in [0, 0.05) is 24.9 Å². The molecule has 0 atom stereocenters. The maximum absolute atomic E-state index is 12.2. The largest absolute Gasteiger partial charge is 0.389 e. The Labute approximate surface area is 168 Å². The molecule has 0 radical (unpaired) electrons. The third-order valence-electron chi connectivity index (χ3n) is 6.02. The first kappa shape index (κ1) is 23.9. The zero-order valence-corrected chi connectivity index (χ0v) is 17.5. The minimum absolute atomic E-state index is 0.0931. The molecule has 3 nitrogen and oxygen atoms in total. The van der Waals surface area contributed by atoms with Crippen molar-refractivity contribution in [3.05, 3.63) is 0 Å². The Hall–Kier alpha value is -0.330. The van der Waals surface area contributed by atoms with E-state index in [1.807, 2.05) is 0 Å². The lowest BCUT2D eigenvalue weighted by Gasteiger charge is -2.37. The molecule has 0 unspecified atom stereocenters.